The Bertz CT molecular complexity index is 691. The van der Waals surface area contributed by atoms with Crippen molar-refractivity contribution < 1.29 is 9.59 Å². The second-order valence-corrected chi connectivity index (χ2v) is 8.71. The number of carbonyl (C=O) groups excluding carboxylic acids is 2. The van der Waals surface area contributed by atoms with Crippen LogP contribution in [0.15, 0.2) is 22.8 Å². The van der Waals surface area contributed by atoms with Crippen LogP contribution in [0.1, 0.15) is 40.0 Å². The second kappa shape index (κ2) is 9.43. The number of likely N-dealkylation sites (N-methyl/N-ethyl adjacent to an activating group) is 1. The maximum Gasteiger partial charge on any atom is 0.247 e. The van der Waals surface area contributed by atoms with E-state index in [9.17, 15) is 9.59 Å². The summed E-state index contributed by atoms with van der Waals surface area (Å²) in [6.45, 7) is 9.37. The van der Waals surface area contributed by atoms with E-state index in [1.165, 1.54) is 18.4 Å². The number of fused-ring (bicyclic) bond motifs is 2. The highest BCUT2D eigenvalue weighted by molar-refractivity contribution is 5.95. The molecule has 4 rings (SSSR count). The Morgan fingerprint density at radius 3 is 2.55 bits per heavy atom. The quantitative estimate of drug-likeness (QED) is 0.737. The molecular formula is C23H38N4O2. The van der Waals surface area contributed by atoms with Crippen molar-refractivity contribution in [3.05, 3.63) is 22.8 Å². The largest absolute Gasteiger partial charge is 0.355 e. The van der Waals surface area contributed by atoms with Crippen LogP contribution >= 0.6 is 0 Å². The Balaban J connectivity index is 0.00000240. The highest BCUT2D eigenvalue weighted by Gasteiger charge is 2.48. The Labute approximate surface area is 176 Å². The Hall–Kier alpha value is -1.66. The summed E-state index contributed by atoms with van der Waals surface area (Å²) in [4.78, 5) is 31.7. The normalized spacial score (nSPS) is 26.8. The van der Waals surface area contributed by atoms with Crippen LogP contribution in [0.3, 0.4) is 0 Å². The zero-order chi connectivity index (χ0) is 19.7. The van der Waals surface area contributed by atoms with Crippen molar-refractivity contribution in [2.45, 2.75) is 40.0 Å². The van der Waals surface area contributed by atoms with E-state index < -0.39 is 0 Å². The molecule has 2 aliphatic heterocycles. The van der Waals surface area contributed by atoms with Gasteiger partial charge in [0.05, 0.1) is 6.54 Å². The van der Waals surface area contributed by atoms with Crippen molar-refractivity contribution in [2.24, 2.45) is 11.8 Å². The number of piperazine rings is 1. The first-order valence-corrected chi connectivity index (χ1v) is 11.0. The topological polar surface area (TPSA) is 55.9 Å². The molecule has 2 atom stereocenters. The van der Waals surface area contributed by atoms with Gasteiger partial charge in [-0.2, -0.15) is 0 Å². The van der Waals surface area contributed by atoms with E-state index in [2.05, 4.69) is 28.1 Å². The summed E-state index contributed by atoms with van der Waals surface area (Å²) in [5, 5.41) is 2.78. The summed E-state index contributed by atoms with van der Waals surface area (Å²) in [7, 11) is 1.71. The van der Waals surface area contributed by atoms with E-state index in [1.54, 1.807) is 12.6 Å². The van der Waals surface area contributed by atoms with Crippen molar-refractivity contribution in [2.75, 3.05) is 59.4 Å². The van der Waals surface area contributed by atoms with Crippen LogP contribution in [0.4, 0.5) is 0 Å². The number of nitrogens with zero attached hydrogens (tertiary/aromatic N) is 3. The molecule has 2 fully saturated rings. The molecule has 6 nitrogen and oxygen atoms in total. The Morgan fingerprint density at radius 1 is 1.10 bits per heavy atom. The first kappa shape index (κ1) is 22.0. The molecule has 0 aromatic carbocycles. The van der Waals surface area contributed by atoms with Crippen molar-refractivity contribution in [3.63, 3.8) is 0 Å². The molecule has 1 saturated carbocycles. The lowest BCUT2D eigenvalue weighted by molar-refractivity contribution is -0.134. The van der Waals surface area contributed by atoms with E-state index in [4.69, 9.17) is 0 Å². The maximum absolute atomic E-state index is 12.8. The van der Waals surface area contributed by atoms with E-state index in [0.717, 1.165) is 64.2 Å². The Kier molecular flexibility index (Phi) is 7.17. The second-order valence-electron chi connectivity index (χ2n) is 8.71. The monoisotopic (exact) mass is 402 g/mol. The van der Waals surface area contributed by atoms with Crippen molar-refractivity contribution in [3.8, 4) is 0 Å². The summed E-state index contributed by atoms with van der Waals surface area (Å²) in [5.41, 5.74) is 3.79. The van der Waals surface area contributed by atoms with Gasteiger partial charge >= 0.3 is 0 Å². The fraction of sp³-hybridized carbons (Fsp3) is 0.739. The number of unbranched alkanes of at least 4 members (excludes halogenated alkanes) is 1. The molecule has 2 unspecified atom stereocenters. The van der Waals surface area contributed by atoms with Gasteiger partial charge in [-0.3, -0.25) is 19.4 Å². The van der Waals surface area contributed by atoms with Crippen LogP contribution in [0.5, 0.6) is 0 Å². The van der Waals surface area contributed by atoms with Crippen molar-refractivity contribution in [1.29, 1.82) is 0 Å². The van der Waals surface area contributed by atoms with Gasteiger partial charge in [-0.05, 0) is 49.3 Å². The summed E-state index contributed by atoms with van der Waals surface area (Å²) < 4.78 is 0. The molecule has 0 aromatic heterocycles. The van der Waals surface area contributed by atoms with E-state index in [-0.39, 0.29) is 19.2 Å². The van der Waals surface area contributed by atoms with Gasteiger partial charge in [0.1, 0.15) is 0 Å². The molecule has 29 heavy (non-hydrogen) atoms. The first-order chi connectivity index (χ1) is 13.6. The molecule has 0 aromatic rings. The lowest BCUT2D eigenvalue weighted by atomic mass is 9.87. The van der Waals surface area contributed by atoms with Gasteiger partial charge in [0, 0.05) is 51.9 Å². The van der Waals surface area contributed by atoms with E-state index >= 15 is 0 Å². The molecule has 0 bridgehead atoms. The van der Waals surface area contributed by atoms with E-state index in [0.29, 0.717) is 18.4 Å². The van der Waals surface area contributed by atoms with Crippen LogP contribution in [0, 0.1) is 11.8 Å². The highest BCUT2D eigenvalue weighted by Crippen LogP contribution is 2.54. The van der Waals surface area contributed by atoms with Crippen LogP contribution in [0.25, 0.3) is 0 Å². The number of hydrogen-bond acceptors (Lipinski definition) is 4. The van der Waals surface area contributed by atoms with Crippen molar-refractivity contribution >= 4 is 11.8 Å². The minimum Gasteiger partial charge on any atom is -0.355 e. The number of amides is 2. The Morgan fingerprint density at radius 2 is 1.86 bits per heavy atom. The van der Waals surface area contributed by atoms with E-state index in [1.807, 2.05) is 4.90 Å². The molecule has 0 spiro atoms. The highest BCUT2D eigenvalue weighted by atomic mass is 16.2. The van der Waals surface area contributed by atoms with Crippen LogP contribution < -0.4 is 5.32 Å². The number of carbonyl (C=O) groups is 2. The standard InChI is InChI=1S/C22H34N4O2.CH4/c1-3-4-6-24-8-10-26(11-9-24)21(27)15-25-7-5-17-16(14-25)12-20(22(28)23-2)19-13-18(17)19;/h12,18-19H,3-11,13-15H2,1-2H3,(H,23,28);1H4. The number of hydrogen-bond donors (Lipinski definition) is 1. The molecule has 2 aliphatic carbocycles. The van der Waals surface area contributed by atoms with Gasteiger partial charge in [0.15, 0.2) is 0 Å². The minimum absolute atomic E-state index is 0. The van der Waals surface area contributed by atoms with Gasteiger partial charge in [-0.1, -0.05) is 26.3 Å². The SMILES string of the molecule is C.CCCCN1CCN(C(=O)CN2CCC3=C(C=C(C(=O)NC)C4CC34)C2)CC1. The van der Waals surface area contributed by atoms with Gasteiger partial charge in [-0.25, -0.2) is 0 Å². The first-order valence-electron chi connectivity index (χ1n) is 11.0. The molecule has 6 heteroatoms. The lowest BCUT2D eigenvalue weighted by Crippen LogP contribution is -2.51. The molecule has 162 valence electrons. The molecular weight excluding hydrogens is 364 g/mol. The predicted octanol–water partition coefficient (Wildman–Crippen LogP) is 1.89. The zero-order valence-electron chi connectivity index (χ0n) is 17.4. The summed E-state index contributed by atoms with van der Waals surface area (Å²) in [6, 6.07) is 0. The lowest BCUT2D eigenvalue weighted by Gasteiger charge is -2.37. The average molecular weight is 403 g/mol. The fourth-order valence-corrected chi connectivity index (χ4v) is 5.05. The van der Waals surface area contributed by atoms with Gasteiger partial charge < -0.3 is 10.2 Å². The van der Waals surface area contributed by atoms with Gasteiger partial charge in [-0.15, -0.1) is 0 Å². The third-order valence-corrected chi connectivity index (χ3v) is 6.87. The smallest absolute Gasteiger partial charge is 0.247 e. The predicted molar refractivity (Wildman–Crippen MR) is 116 cm³/mol. The molecule has 1 N–H and O–H groups in total. The summed E-state index contributed by atoms with van der Waals surface area (Å²) >= 11 is 0. The average Bonchev–Trinajstić information content (AvgIpc) is 3.52. The van der Waals surface area contributed by atoms with Gasteiger partial charge in [0.2, 0.25) is 11.8 Å². The van der Waals surface area contributed by atoms with Crippen molar-refractivity contribution in [1.82, 2.24) is 20.0 Å². The zero-order valence-corrected chi connectivity index (χ0v) is 17.4. The molecule has 0 radical (unpaired) electrons. The summed E-state index contributed by atoms with van der Waals surface area (Å²) in [6.07, 6.45) is 6.76. The molecule has 2 heterocycles. The van der Waals surface area contributed by atoms with Crippen LogP contribution in [-0.2, 0) is 9.59 Å². The summed E-state index contributed by atoms with van der Waals surface area (Å²) in [5.74, 6) is 1.35. The van der Waals surface area contributed by atoms with Crippen LogP contribution in [0.2, 0.25) is 0 Å². The molecule has 2 amide bonds. The van der Waals surface area contributed by atoms with Gasteiger partial charge in [0.25, 0.3) is 0 Å². The number of rotatable bonds is 6. The van der Waals surface area contributed by atoms with Crippen LogP contribution in [-0.4, -0.2) is 85.9 Å². The minimum atomic E-state index is 0. The molecule has 4 aliphatic rings. The maximum atomic E-state index is 12.8. The molecule has 1 saturated heterocycles. The fourth-order valence-electron chi connectivity index (χ4n) is 5.05. The third-order valence-electron chi connectivity index (χ3n) is 6.87. The number of nitrogens with one attached hydrogen (secondary N) is 1. The third kappa shape index (κ3) is 4.75.